The SMILES string of the molecule is CCCCC(=O)NCC(=O)NCCC(C)C. The second-order valence-electron chi connectivity index (χ2n) is 4.41. The fourth-order valence-corrected chi connectivity index (χ4v) is 1.17. The van der Waals surface area contributed by atoms with Crippen LogP contribution in [0.5, 0.6) is 0 Å². The Bertz CT molecular complexity index is 215. The third kappa shape index (κ3) is 9.49. The van der Waals surface area contributed by atoms with Crippen LogP contribution in [0.2, 0.25) is 0 Å². The van der Waals surface area contributed by atoms with E-state index >= 15 is 0 Å². The molecule has 0 saturated heterocycles. The van der Waals surface area contributed by atoms with Crippen LogP contribution in [0.4, 0.5) is 0 Å². The van der Waals surface area contributed by atoms with E-state index in [1.807, 2.05) is 6.92 Å². The Balaban J connectivity index is 3.46. The first-order chi connectivity index (χ1) is 7.56. The van der Waals surface area contributed by atoms with Crippen LogP contribution in [0.15, 0.2) is 0 Å². The van der Waals surface area contributed by atoms with Crippen molar-refractivity contribution in [3.8, 4) is 0 Å². The lowest BCUT2D eigenvalue weighted by Gasteiger charge is -2.08. The summed E-state index contributed by atoms with van der Waals surface area (Å²) in [6.45, 7) is 7.03. The van der Waals surface area contributed by atoms with E-state index in [0.29, 0.717) is 18.9 Å². The van der Waals surface area contributed by atoms with Crippen LogP contribution < -0.4 is 10.6 Å². The molecule has 0 saturated carbocycles. The van der Waals surface area contributed by atoms with Crippen molar-refractivity contribution in [3.63, 3.8) is 0 Å². The van der Waals surface area contributed by atoms with Crippen LogP contribution in [0, 0.1) is 5.92 Å². The molecule has 0 fully saturated rings. The first kappa shape index (κ1) is 14.9. The number of amides is 2. The van der Waals surface area contributed by atoms with Gasteiger partial charge in [0, 0.05) is 13.0 Å². The van der Waals surface area contributed by atoms with Gasteiger partial charge < -0.3 is 10.6 Å². The van der Waals surface area contributed by atoms with Crippen molar-refractivity contribution in [2.45, 2.75) is 46.5 Å². The average molecular weight is 228 g/mol. The third-order valence-electron chi connectivity index (χ3n) is 2.25. The number of carbonyl (C=O) groups is 2. The average Bonchev–Trinajstić information content (AvgIpc) is 2.23. The van der Waals surface area contributed by atoms with E-state index in [4.69, 9.17) is 0 Å². The van der Waals surface area contributed by atoms with Crippen LogP contribution in [0.1, 0.15) is 46.5 Å². The number of rotatable bonds is 8. The second-order valence-corrected chi connectivity index (χ2v) is 4.41. The van der Waals surface area contributed by atoms with Crippen molar-refractivity contribution in [1.82, 2.24) is 10.6 Å². The minimum atomic E-state index is -0.106. The Labute approximate surface area is 98.2 Å². The highest BCUT2D eigenvalue weighted by Crippen LogP contribution is 1.96. The van der Waals surface area contributed by atoms with Gasteiger partial charge in [-0.1, -0.05) is 27.2 Å². The summed E-state index contributed by atoms with van der Waals surface area (Å²) in [7, 11) is 0. The van der Waals surface area contributed by atoms with Gasteiger partial charge in [-0.05, 0) is 18.8 Å². The number of unbranched alkanes of at least 4 members (excludes halogenated alkanes) is 1. The molecule has 0 aromatic heterocycles. The number of nitrogens with one attached hydrogen (secondary N) is 2. The normalized spacial score (nSPS) is 10.2. The van der Waals surface area contributed by atoms with Crippen molar-refractivity contribution in [1.29, 1.82) is 0 Å². The summed E-state index contributed by atoms with van der Waals surface area (Å²) in [5, 5.41) is 5.38. The molecule has 2 N–H and O–H groups in total. The van der Waals surface area contributed by atoms with E-state index in [1.165, 1.54) is 0 Å². The van der Waals surface area contributed by atoms with Gasteiger partial charge in [0.15, 0.2) is 0 Å². The summed E-state index contributed by atoms with van der Waals surface area (Å²) < 4.78 is 0. The maximum Gasteiger partial charge on any atom is 0.239 e. The quantitative estimate of drug-likeness (QED) is 0.660. The standard InChI is InChI=1S/C12H24N2O2/c1-4-5-6-11(15)14-9-12(16)13-8-7-10(2)3/h10H,4-9H2,1-3H3,(H,13,16)(H,14,15). The molecule has 4 heteroatoms. The molecule has 0 spiro atoms. The van der Waals surface area contributed by atoms with E-state index in [9.17, 15) is 9.59 Å². The van der Waals surface area contributed by atoms with Crippen molar-refractivity contribution >= 4 is 11.8 Å². The zero-order chi connectivity index (χ0) is 12.4. The van der Waals surface area contributed by atoms with Gasteiger partial charge in [-0.3, -0.25) is 9.59 Å². The zero-order valence-corrected chi connectivity index (χ0v) is 10.6. The molecule has 0 unspecified atom stereocenters. The van der Waals surface area contributed by atoms with E-state index < -0.39 is 0 Å². The fraction of sp³-hybridized carbons (Fsp3) is 0.833. The van der Waals surface area contributed by atoms with E-state index in [1.54, 1.807) is 0 Å². The highest BCUT2D eigenvalue weighted by atomic mass is 16.2. The monoisotopic (exact) mass is 228 g/mol. The molecular weight excluding hydrogens is 204 g/mol. The summed E-state index contributed by atoms with van der Waals surface area (Å²) in [6.07, 6.45) is 3.35. The molecule has 0 radical (unpaired) electrons. The van der Waals surface area contributed by atoms with Crippen LogP contribution in [-0.4, -0.2) is 24.9 Å². The fourth-order valence-electron chi connectivity index (χ4n) is 1.17. The summed E-state index contributed by atoms with van der Waals surface area (Å²) >= 11 is 0. The molecule has 94 valence electrons. The molecular formula is C12H24N2O2. The summed E-state index contributed by atoms with van der Waals surface area (Å²) in [6, 6.07) is 0. The Morgan fingerprint density at radius 2 is 1.81 bits per heavy atom. The minimum absolute atomic E-state index is 0.0409. The highest BCUT2D eigenvalue weighted by molar-refractivity contribution is 5.84. The van der Waals surface area contributed by atoms with Crippen molar-refractivity contribution < 1.29 is 9.59 Å². The second kappa shape index (κ2) is 9.19. The van der Waals surface area contributed by atoms with Gasteiger partial charge in [-0.2, -0.15) is 0 Å². The molecule has 0 atom stereocenters. The molecule has 0 aliphatic rings. The molecule has 0 bridgehead atoms. The molecule has 0 heterocycles. The van der Waals surface area contributed by atoms with Gasteiger partial charge in [0.1, 0.15) is 0 Å². The Morgan fingerprint density at radius 1 is 1.12 bits per heavy atom. The molecule has 0 aliphatic carbocycles. The van der Waals surface area contributed by atoms with Gasteiger partial charge in [0.05, 0.1) is 6.54 Å². The maximum absolute atomic E-state index is 11.3. The minimum Gasteiger partial charge on any atom is -0.355 e. The number of carbonyl (C=O) groups excluding carboxylic acids is 2. The van der Waals surface area contributed by atoms with Crippen molar-refractivity contribution in [2.24, 2.45) is 5.92 Å². The molecule has 16 heavy (non-hydrogen) atoms. The van der Waals surface area contributed by atoms with E-state index in [2.05, 4.69) is 24.5 Å². The van der Waals surface area contributed by atoms with E-state index in [-0.39, 0.29) is 18.4 Å². The van der Waals surface area contributed by atoms with Crippen molar-refractivity contribution in [2.75, 3.05) is 13.1 Å². The lowest BCUT2D eigenvalue weighted by atomic mass is 10.1. The first-order valence-electron chi connectivity index (χ1n) is 6.09. The van der Waals surface area contributed by atoms with Crippen LogP contribution >= 0.6 is 0 Å². The number of hydrogen-bond acceptors (Lipinski definition) is 2. The van der Waals surface area contributed by atoms with Gasteiger partial charge >= 0.3 is 0 Å². The van der Waals surface area contributed by atoms with Crippen molar-refractivity contribution in [3.05, 3.63) is 0 Å². The Kier molecular flexibility index (Phi) is 8.58. The van der Waals surface area contributed by atoms with Gasteiger partial charge in [0.25, 0.3) is 0 Å². The summed E-state index contributed by atoms with van der Waals surface area (Å²) in [4.78, 5) is 22.5. The lowest BCUT2D eigenvalue weighted by Crippen LogP contribution is -2.37. The van der Waals surface area contributed by atoms with Gasteiger partial charge in [0.2, 0.25) is 11.8 Å². The largest absolute Gasteiger partial charge is 0.355 e. The summed E-state index contributed by atoms with van der Waals surface area (Å²) in [5.74, 6) is 0.436. The topological polar surface area (TPSA) is 58.2 Å². The van der Waals surface area contributed by atoms with Gasteiger partial charge in [-0.15, -0.1) is 0 Å². The molecule has 0 rings (SSSR count). The third-order valence-corrected chi connectivity index (χ3v) is 2.25. The molecule has 0 aromatic rings. The predicted octanol–water partition coefficient (Wildman–Crippen LogP) is 1.46. The predicted molar refractivity (Wildman–Crippen MR) is 65.0 cm³/mol. The van der Waals surface area contributed by atoms with Crippen LogP contribution in [0.3, 0.4) is 0 Å². The summed E-state index contributed by atoms with van der Waals surface area (Å²) in [5.41, 5.74) is 0. The molecule has 4 nitrogen and oxygen atoms in total. The Hall–Kier alpha value is -1.06. The van der Waals surface area contributed by atoms with Gasteiger partial charge in [-0.25, -0.2) is 0 Å². The number of hydrogen-bond donors (Lipinski definition) is 2. The smallest absolute Gasteiger partial charge is 0.239 e. The lowest BCUT2D eigenvalue weighted by molar-refractivity contribution is -0.126. The van der Waals surface area contributed by atoms with Crippen LogP contribution in [0.25, 0.3) is 0 Å². The molecule has 0 aliphatic heterocycles. The first-order valence-corrected chi connectivity index (χ1v) is 6.09. The molecule has 2 amide bonds. The van der Waals surface area contributed by atoms with E-state index in [0.717, 1.165) is 19.3 Å². The zero-order valence-electron chi connectivity index (χ0n) is 10.6. The highest BCUT2D eigenvalue weighted by Gasteiger charge is 2.04. The maximum atomic E-state index is 11.3. The Morgan fingerprint density at radius 3 is 2.38 bits per heavy atom. The van der Waals surface area contributed by atoms with Crippen LogP contribution in [-0.2, 0) is 9.59 Å². The molecule has 0 aromatic carbocycles.